The van der Waals surface area contributed by atoms with Gasteiger partial charge >= 0.3 is 12.0 Å². The molecule has 0 aromatic heterocycles. The number of nitrogens with one attached hydrogen (secondary N) is 2. The Labute approximate surface area is 210 Å². The van der Waals surface area contributed by atoms with Gasteiger partial charge in [0.1, 0.15) is 12.0 Å². The number of likely N-dealkylation sites (N-methyl/N-ethyl adjacent to an activating group) is 1. The molecule has 1 heterocycles. The number of rotatable bonds is 6. The summed E-state index contributed by atoms with van der Waals surface area (Å²) in [7, 11) is 1.65. The Hall–Kier alpha value is -3.46. The van der Waals surface area contributed by atoms with Gasteiger partial charge in [-0.3, -0.25) is 15.0 Å². The normalized spacial score (nSPS) is 22.4. The van der Waals surface area contributed by atoms with Gasteiger partial charge in [0, 0.05) is 18.8 Å². The largest absolute Gasteiger partial charge is 0.462 e. The summed E-state index contributed by atoms with van der Waals surface area (Å²) in [6.07, 6.45) is 3.21. The summed E-state index contributed by atoms with van der Waals surface area (Å²) in [5.41, 5.74) is 1.18. The van der Waals surface area contributed by atoms with Crippen LogP contribution in [0.5, 0.6) is 0 Å². The molecule has 1 saturated carbocycles. The molecule has 4 atom stereocenters. The molecule has 2 fully saturated rings. The minimum Gasteiger partial charge on any atom is -0.462 e. The van der Waals surface area contributed by atoms with Crippen LogP contribution in [0.25, 0.3) is 0 Å². The highest BCUT2D eigenvalue weighted by Crippen LogP contribution is 2.34. The van der Waals surface area contributed by atoms with Crippen LogP contribution in [0.2, 0.25) is 0 Å². The van der Waals surface area contributed by atoms with E-state index in [0.29, 0.717) is 11.4 Å². The lowest BCUT2D eigenvalue weighted by atomic mass is 9.81. The number of benzene rings is 2. The molecule has 3 amide bonds. The van der Waals surface area contributed by atoms with E-state index >= 15 is 0 Å². The maximum Gasteiger partial charge on any atom is 0.340 e. The van der Waals surface area contributed by atoms with Crippen LogP contribution in [-0.4, -0.2) is 54.7 Å². The maximum atomic E-state index is 13.6. The third-order valence-electron chi connectivity index (χ3n) is 7.14. The summed E-state index contributed by atoms with van der Waals surface area (Å²) >= 11 is 0. The second-order valence-electron chi connectivity index (χ2n) is 9.34. The molecule has 8 nitrogen and oxygen atoms in total. The van der Waals surface area contributed by atoms with Crippen molar-refractivity contribution in [3.05, 3.63) is 59.9 Å². The van der Waals surface area contributed by atoms with Crippen molar-refractivity contribution in [2.75, 3.05) is 23.9 Å². The number of carbonyl (C=O) groups excluding carboxylic acids is 3. The number of urea groups is 1. The van der Waals surface area contributed by atoms with E-state index in [2.05, 4.69) is 10.6 Å². The van der Waals surface area contributed by atoms with Crippen LogP contribution < -0.4 is 15.5 Å². The molecular formula is C27H33FN4O4. The van der Waals surface area contributed by atoms with Crippen LogP contribution in [-0.2, 0) is 9.53 Å². The quantitative estimate of drug-likeness (QED) is 0.580. The number of amides is 3. The Bertz CT molecular complexity index is 1110. The van der Waals surface area contributed by atoms with Crippen LogP contribution in [0.4, 0.5) is 20.6 Å². The van der Waals surface area contributed by atoms with Gasteiger partial charge in [0.05, 0.1) is 29.8 Å². The molecule has 1 aliphatic carbocycles. The first-order chi connectivity index (χ1) is 17.3. The highest BCUT2D eigenvalue weighted by molar-refractivity contribution is 6.01. The molecule has 0 spiro atoms. The molecule has 36 heavy (non-hydrogen) atoms. The average molecular weight is 497 g/mol. The van der Waals surface area contributed by atoms with Crippen LogP contribution in [0.3, 0.4) is 0 Å². The van der Waals surface area contributed by atoms with E-state index in [1.54, 1.807) is 55.3 Å². The molecule has 0 radical (unpaired) electrons. The number of fused-ring (bicyclic) bond motifs is 1. The number of anilines is 2. The first-order valence-electron chi connectivity index (χ1n) is 12.5. The lowest BCUT2D eigenvalue weighted by molar-refractivity contribution is -0.127. The van der Waals surface area contributed by atoms with Gasteiger partial charge in [0.25, 0.3) is 0 Å². The van der Waals surface area contributed by atoms with Gasteiger partial charge in [0.2, 0.25) is 5.91 Å². The van der Waals surface area contributed by atoms with Crippen molar-refractivity contribution in [2.24, 2.45) is 5.92 Å². The summed E-state index contributed by atoms with van der Waals surface area (Å²) < 4.78 is 18.7. The standard InChI is InChI=1S/C27H33FN4O4/c1-4-36-26(34)21-10-6-8-12-23(21)30-27(35)31(3)17(2)24-29-22-11-7-5-9-20(22)25(33)32(24)19-15-13-18(28)14-16-19/h6,8,10,12-17,20,22,24,29H,4-5,7,9,11H2,1-3H3,(H,30,35). The minimum absolute atomic E-state index is 0.0108. The monoisotopic (exact) mass is 496 g/mol. The van der Waals surface area contributed by atoms with Crippen LogP contribution >= 0.6 is 0 Å². The molecule has 1 saturated heterocycles. The van der Waals surface area contributed by atoms with E-state index in [1.807, 2.05) is 6.92 Å². The van der Waals surface area contributed by atoms with Crippen molar-refractivity contribution in [1.82, 2.24) is 10.2 Å². The van der Waals surface area contributed by atoms with Gasteiger partial charge in [-0.25, -0.2) is 14.0 Å². The number of esters is 1. The number of hydrogen-bond acceptors (Lipinski definition) is 5. The van der Waals surface area contributed by atoms with Crippen molar-refractivity contribution in [1.29, 1.82) is 0 Å². The van der Waals surface area contributed by atoms with Crippen molar-refractivity contribution in [3.8, 4) is 0 Å². The molecular weight excluding hydrogens is 463 g/mol. The fraction of sp³-hybridized carbons (Fsp3) is 0.444. The predicted molar refractivity (Wildman–Crippen MR) is 135 cm³/mol. The molecule has 192 valence electrons. The van der Waals surface area contributed by atoms with E-state index < -0.39 is 24.2 Å². The van der Waals surface area contributed by atoms with Gasteiger partial charge in [0.15, 0.2) is 0 Å². The average Bonchev–Trinajstić information content (AvgIpc) is 2.89. The van der Waals surface area contributed by atoms with E-state index in [1.165, 1.54) is 17.0 Å². The summed E-state index contributed by atoms with van der Waals surface area (Å²) in [4.78, 5) is 42.4. The Morgan fingerprint density at radius 3 is 2.58 bits per heavy atom. The van der Waals surface area contributed by atoms with Crippen LogP contribution in [0, 0.1) is 11.7 Å². The molecule has 2 N–H and O–H groups in total. The summed E-state index contributed by atoms with van der Waals surface area (Å²) in [5.74, 6) is -1.06. The lowest BCUT2D eigenvalue weighted by Crippen LogP contribution is -2.69. The molecule has 9 heteroatoms. The maximum absolute atomic E-state index is 13.6. The molecule has 1 aliphatic heterocycles. The zero-order chi connectivity index (χ0) is 25.8. The molecule has 2 aromatic rings. The molecule has 4 rings (SSSR count). The second-order valence-corrected chi connectivity index (χ2v) is 9.34. The van der Waals surface area contributed by atoms with Gasteiger partial charge in [-0.1, -0.05) is 25.0 Å². The number of para-hydroxylation sites is 1. The minimum atomic E-state index is -0.519. The van der Waals surface area contributed by atoms with Crippen LogP contribution in [0.15, 0.2) is 48.5 Å². The van der Waals surface area contributed by atoms with Gasteiger partial charge < -0.3 is 15.0 Å². The van der Waals surface area contributed by atoms with E-state index in [9.17, 15) is 18.8 Å². The van der Waals surface area contributed by atoms with Gasteiger partial charge in [-0.05, 0) is 63.1 Å². The number of halogens is 1. The lowest BCUT2D eigenvalue weighted by Gasteiger charge is -2.49. The molecule has 4 unspecified atom stereocenters. The highest BCUT2D eigenvalue weighted by Gasteiger charge is 2.45. The molecule has 2 aromatic carbocycles. The van der Waals surface area contributed by atoms with Crippen molar-refractivity contribution in [2.45, 2.75) is 57.8 Å². The Kier molecular flexibility index (Phi) is 7.88. The Morgan fingerprint density at radius 2 is 1.86 bits per heavy atom. The summed E-state index contributed by atoms with van der Waals surface area (Å²) in [6.45, 7) is 3.80. The third kappa shape index (κ3) is 5.21. The first kappa shape index (κ1) is 25.6. The van der Waals surface area contributed by atoms with E-state index in [0.717, 1.165) is 25.7 Å². The topological polar surface area (TPSA) is 91.0 Å². The zero-order valence-corrected chi connectivity index (χ0v) is 20.9. The van der Waals surface area contributed by atoms with Crippen molar-refractivity contribution in [3.63, 3.8) is 0 Å². The smallest absolute Gasteiger partial charge is 0.340 e. The first-order valence-corrected chi connectivity index (χ1v) is 12.5. The SMILES string of the molecule is CCOC(=O)c1ccccc1NC(=O)N(C)C(C)C1NC2CCCCC2C(=O)N1c1ccc(F)cc1. The second kappa shape index (κ2) is 11.1. The van der Waals surface area contributed by atoms with Crippen LogP contribution in [0.1, 0.15) is 49.9 Å². The number of carbonyl (C=O) groups is 3. The highest BCUT2D eigenvalue weighted by atomic mass is 19.1. The molecule has 2 aliphatic rings. The fourth-order valence-corrected chi connectivity index (χ4v) is 5.06. The van der Waals surface area contributed by atoms with Crippen molar-refractivity contribution < 1.29 is 23.5 Å². The van der Waals surface area contributed by atoms with Gasteiger partial charge in [-0.2, -0.15) is 0 Å². The Morgan fingerprint density at radius 1 is 1.17 bits per heavy atom. The number of ether oxygens (including phenoxy) is 1. The predicted octanol–water partition coefficient (Wildman–Crippen LogP) is 4.38. The summed E-state index contributed by atoms with van der Waals surface area (Å²) in [6, 6.07) is 11.7. The van der Waals surface area contributed by atoms with E-state index in [4.69, 9.17) is 4.74 Å². The van der Waals surface area contributed by atoms with Crippen molar-refractivity contribution >= 4 is 29.3 Å². The van der Waals surface area contributed by atoms with Gasteiger partial charge in [-0.15, -0.1) is 0 Å². The fourth-order valence-electron chi connectivity index (χ4n) is 5.06. The Balaban J connectivity index is 1.58. The van der Waals surface area contributed by atoms with E-state index in [-0.39, 0.29) is 35.9 Å². The number of nitrogens with zero attached hydrogens (tertiary/aromatic N) is 2. The number of hydrogen-bond donors (Lipinski definition) is 2. The zero-order valence-electron chi connectivity index (χ0n) is 20.9. The third-order valence-corrected chi connectivity index (χ3v) is 7.14. The molecule has 0 bridgehead atoms. The summed E-state index contributed by atoms with van der Waals surface area (Å²) in [5, 5.41) is 6.41.